The minimum Gasteiger partial charge on any atom is -0.468 e. The van der Waals surface area contributed by atoms with Gasteiger partial charge in [-0.1, -0.05) is 0 Å². The lowest BCUT2D eigenvalue weighted by molar-refractivity contribution is 0.0992. The highest BCUT2D eigenvalue weighted by Gasteiger charge is 2.41. The van der Waals surface area contributed by atoms with Crippen molar-refractivity contribution in [2.24, 2.45) is 4.99 Å². The van der Waals surface area contributed by atoms with Gasteiger partial charge in [-0.25, -0.2) is 0 Å². The summed E-state index contributed by atoms with van der Waals surface area (Å²) >= 11 is 0. The molecule has 0 saturated carbocycles. The molecule has 0 amide bonds. The molecular weight excluding hydrogens is 407 g/mol. The predicted molar refractivity (Wildman–Crippen MR) is 101 cm³/mol. The second kappa shape index (κ2) is 8.34. The maximum absolute atomic E-state index is 5.88. The number of aliphatic imine (C=N–C) groups is 1. The van der Waals surface area contributed by atoms with Crippen molar-refractivity contribution in [1.29, 1.82) is 0 Å². The lowest BCUT2D eigenvalue weighted by Crippen LogP contribution is -2.49. The summed E-state index contributed by atoms with van der Waals surface area (Å²) in [5.41, 5.74) is 0. The van der Waals surface area contributed by atoms with Gasteiger partial charge in [-0.15, -0.1) is 24.0 Å². The molecule has 2 saturated heterocycles. The molecule has 2 bridgehead atoms. The normalized spacial score (nSPS) is 27.8. The van der Waals surface area contributed by atoms with Crippen LogP contribution in [0.5, 0.6) is 0 Å². The number of halogens is 1. The minimum absolute atomic E-state index is 0. The van der Waals surface area contributed by atoms with Gasteiger partial charge in [0.2, 0.25) is 0 Å². The molecule has 0 aliphatic carbocycles. The lowest BCUT2D eigenvalue weighted by Gasteiger charge is -2.26. The first-order valence-corrected chi connectivity index (χ1v) is 8.00. The molecule has 1 aromatic rings. The van der Waals surface area contributed by atoms with E-state index in [2.05, 4.69) is 34.6 Å². The van der Waals surface area contributed by atoms with Gasteiger partial charge < -0.3 is 19.8 Å². The molecule has 0 spiro atoms. The molecule has 1 aromatic heterocycles. The van der Waals surface area contributed by atoms with Crippen molar-refractivity contribution < 1.29 is 9.15 Å². The average Bonchev–Trinajstić information content (AvgIpc) is 3.23. The Kier molecular flexibility index (Phi) is 6.72. The summed E-state index contributed by atoms with van der Waals surface area (Å²) in [7, 11) is 5.91. The molecule has 130 valence electrons. The molecule has 7 heteroatoms. The van der Waals surface area contributed by atoms with E-state index in [-0.39, 0.29) is 30.0 Å². The summed E-state index contributed by atoms with van der Waals surface area (Å²) in [6.07, 6.45) is 5.95. The van der Waals surface area contributed by atoms with Crippen LogP contribution in [0.3, 0.4) is 0 Å². The van der Waals surface area contributed by atoms with Gasteiger partial charge in [0, 0.05) is 13.6 Å². The van der Waals surface area contributed by atoms with E-state index in [0.29, 0.717) is 18.2 Å². The van der Waals surface area contributed by atoms with E-state index in [1.54, 1.807) is 13.3 Å². The number of hydrogen-bond donors (Lipinski definition) is 2. The van der Waals surface area contributed by atoms with Crippen molar-refractivity contribution in [2.75, 3.05) is 27.7 Å². The van der Waals surface area contributed by atoms with E-state index in [4.69, 9.17) is 9.15 Å². The van der Waals surface area contributed by atoms with Crippen LogP contribution in [0.4, 0.5) is 0 Å². The highest BCUT2D eigenvalue weighted by atomic mass is 127. The maximum Gasteiger partial charge on any atom is 0.191 e. The first-order chi connectivity index (χ1) is 10.7. The minimum atomic E-state index is 0. The zero-order valence-corrected chi connectivity index (χ0v) is 16.3. The van der Waals surface area contributed by atoms with Crippen LogP contribution in [0.2, 0.25) is 0 Å². The van der Waals surface area contributed by atoms with Gasteiger partial charge >= 0.3 is 0 Å². The van der Waals surface area contributed by atoms with E-state index in [9.17, 15) is 0 Å². The van der Waals surface area contributed by atoms with Gasteiger partial charge in [-0.2, -0.15) is 0 Å². The number of guanidine groups is 1. The third kappa shape index (κ3) is 4.39. The van der Waals surface area contributed by atoms with Gasteiger partial charge in [0.15, 0.2) is 5.96 Å². The van der Waals surface area contributed by atoms with E-state index < -0.39 is 0 Å². The molecule has 2 aliphatic heterocycles. The Morgan fingerprint density at radius 1 is 1.43 bits per heavy atom. The number of likely N-dealkylation sites (N-methyl/N-ethyl adjacent to an activating group) is 1. The van der Waals surface area contributed by atoms with Crippen LogP contribution >= 0.6 is 24.0 Å². The summed E-state index contributed by atoms with van der Waals surface area (Å²) in [5, 5.41) is 6.91. The monoisotopic (exact) mass is 434 g/mol. The van der Waals surface area contributed by atoms with Crippen LogP contribution in [-0.4, -0.2) is 56.8 Å². The van der Waals surface area contributed by atoms with Gasteiger partial charge in [0.05, 0.1) is 30.6 Å². The van der Waals surface area contributed by atoms with Crippen LogP contribution in [0.1, 0.15) is 31.1 Å². The number of nitrogens with zero attached hydrogens (tertiary/aromatic N) is 2. The van der Waals surface area contributed by atoms with Gasteiger partial charge in [0.25, 0.3) is 0 Å². The molecule has 0 radical (unpaired) electrons. The molecule has 2 aliphatic rings. The highest BCUT2D eigenvalue weighted by molar-refractivity contribution is 14.0. The molecule has 3 rings (SSSR count). The average molecular weight is 434 g/mol. The fraction of sp³-hybridized carbons (Fsp3) is 0.688. The first kappa shape index (κ1) is 18.5. The van der Waals surface area contributed by atoms with Crippen molar-refractivity contribution in [1.82, 2.24) is 15.5 Å². The number of rotatable bonds is 5. The zero-order valence-electron chi connectivity index (χ0n) is 14.0. The first-order valence-electron chi connectivity index (χ1n) is 8.00. The molecule has 2 N–H and O–H groups in total. The Hall–Kier alpha value is -0.800. The fourth-order valence-electron chi connectivity index (χ4n) is 3.37. The van der Waals surface area contributed by atoms with Crippen LogP contribution < -0.4 is 10.6 Å². The summed E-state index contributed by atoms with van der Waals surface area (Å²) < 4.78 is 11.4. The fourth-order valence-corrected chi connectivity index (χ4v) is 3.37. The second-order valence-corrected chi connectivity index (χ2v) is 6.31. The van der Waals surface area contributed by atoms with E-state index in [1.807, 2.05) is 12.1 Å². The molecular formula is C16H27IN4O2. The summed E-state index contributed by atoms with van der Waals surface area (Å²) in [6, 6.07) is 4.48. The van der Waals surface area contributed by atoms with E-state index >= 15 is 0 Å². The number of fused-ring (bicyclic) bond motifs is 2. The van der Waals surface area contributed by atoms with Crippen LogP contribution in [0.15, 0.2) is 27.8 Å². The maximum atomic E-state index is 5.88. The third-order valence-electron chi connectivity index (χ3n) is 4.61. The van der Waals surface area contributed by atoms with Gasteiger partial charge in [0.1, 0.15) is 5.76 Å². The third-order valence-corrected chi connectivity index (χ3v) is 4.61. The second-order valence-electron chi connectivity index (χ2n) is 6.31. The quantitative estimate of drug-likeness (QED) is 0.422. The molecule has 23 heavy (non-hydrogen) atoms. The SMILES string of the molecule is CN=C(NCC(c1ccco1)N(C)C)NC1CC2CCC1O2.I. The molecule has 4 atom stereocenters. The van der Waals surface area contributed by atoms with Crippen molar-refractivity contribution in [2.45, 2.75) is 43.6 Å². The standard InChI is InChI=1S/C16H26N4O2.HI/c1-17-16(19-12-9-11-6-7-14(12)22-11)18-10-13(20(2)3)15-5-4-8-21-15;/h4-5,8,11-14H,6-7,9-10H2,1-3H3,(H2,17,18,19);1H. The molecule has 4 unspecified atom stereocenters. The smallest absolute Gasteiger partial charge is 0.191 e. The molecule has 0 aromatic carbocycles. The van der Waals surface area contributed by atoms with E-state index in [0.717, 1.165) is 31.1 Å². The largest absolute Gasteiger partial charge is 0.468 e. The van der Waals surface area contributed by atoms with Gasteiger partial charge in [-0.05, 0) is 45.5 Å². The number of furan rings is 1. The number of ether oxygens (including phenoxy) is 1. The Labute approximate surface area is 155 Å². The summed E-state index contributed by atoms with van der Waals surface area (Å²) in [5.74, 6) is 1.79. The van der Waals surface area contributed by atoms with E-state index in [1.165, 1.54) is 6.42 Å². The van der Waals surface area contributed by atoms with Gasteiger partial charge in [-0.3, -0.25) is 9.89 Å². The topological polar surface area (TPSA) is 62.0 Å². The van der Waals surface area contributed by atoms with Crippen molar-refractivity contribution >= 4 is 29.9 Å². The summed E-state index contributed by atoms with van der Waals surface area (Å²) in [4.78, 5) is 6.48. The Bertz CT molecular complexity index is 506. The molecule has 3 heterocycles. The number of nitrogens with one attached hydrogen (secondary N) is 2. The van der Waals surface area contributed by atoms with Crippen molar-refractivity contribution in [3.8, 4) is 0 Å². The Morgan fingerprint density at radius 3 is 2.78 bits per heavy atom. The molecule has 6 nitrogen and oxygen atoms in total. The van der Waals surface area contributed by atoms with Crippen LogP contribution in [-0.2, 0) is 4.74 Å². The zero-order chi connectivity index (χ0) is 15.5. The van der Waals surface area contributed by atoms with Crippen LogP contribution in [0.25, 0.3) is 0 Å². The summed E-state index contributed by atoms with van der Waals surface area (Å²) in [6.45, 7) is 0.738. The highest BCUT2D eigenvalue weighted by Crippen LogP contribution is 2.34. The van der Waals surface area contributed by atoms with Crippen molar-refractivity contribution in [3.05, 3.63) is 24.2 Å². The predicted octanol–water partition coefficient (Wildman–Crippen LogP) is 1.99. The Morgan fingerprint density at radius 2 is 2.26 bits per heavy atom. The van der Waals surface area contributed by atoms with Crippen LogP contribution in [0, 0.1) is 0 Å². The molecule has 2 fully saturated rings. The number of hydrogen-bond acceptors (Lipinski definition) is 4. The van der Waals surface area contributed by atoms with Crippen molar-refractivity contribution in [3.63, 3.8) is 0 Å². The Balaban J connectivity index is 0.00000192. The lowest BCUT2D eigenvalue weighted by atomic mass is 9.96.